The van der Waals surface area contributed by atoms with Crippen molar-refractivity contribution in [3.05, 3.63) is 54.1 Å². The molecule has 1 aliphatic rings. The summed E-state index contributed by atoms with van der Waals surface area (Å²) in [6.07, 6.45) is 2.03. The second-order valence-electron chi connectivity index (χ2n) is 6.62. The lowest BCUT2D eigenvalue weighted by atomic mass is 10.0. The van der Waals surface area contributed by atoms with Crippen LogP contribution in [0.1, 0.15) is 18.4 Å². The van der Waals surface area contributed by atoms with Gasteiger partial charge in [0.05, 0.1) is 0 Å². The van der Waals surface area contributed by atoms with E-state index < -0.39 is 0 Å². The van der Waals surface area contributed by atoms with E-state index in [1.54, 1.807) is 6.07 Å². The molecule has 1 aliphatic heterocycles. The predicted octanol–water partition coefficient (Wildman–Crippen LogP) is 2.59. The van der Waals surface area contributed by atoms with E-state index in [2.05, 4.69) is 27.7 Å². The topological polar surface area (TPSA) is 70.7 Å². The Bertz CT molecular complexity index is 793. The fourth-order valence-corrected chi connectivity index (χ4v) is 3.01. The van der Waals surface area contributed by atoms with Crippen molar-refractivity contribution >= 4 is 23.2 Å². The first-order chi connectivity index (χ1) is 13.1. The number of carbonyl (C=O) groups excluding carboxylic acids is 2. The van der Waals surface area contributed by atoms with Crippen molar-refractivity contribution in [3.8, 4) is 5.75 Å². The molecule has 142 valence electrons. The molecule has 0 fully saturated rings. The van der Waals surface area contributed by atoms with E-state index in [1.165, 1.54) is 0 Å². The molecule has 3 rings (SSSR count). The average Bonchev–Trinajstić information content (AvgIpc) is 2.70. The van der Waals surface area contributed by atoms with Crippen molar-refractivity contribution in [1.82, 2.24) is 5.32 Å². The number of nitrogens with one attached hydrogen (secondary N) is 2. The SMILES string of the molecule is CN(CCCNC(=O)COc1ccc2c(c1)CCC(=O)N2)c1ccccc1. The summed E-state index contributed by atoms with van der Waals surface area (Å²) in [5.41, 5.74) is 3.03. The molecule has 27 heavy (non-hydrogen) atoms. The molecule has 2 N–H and O–H groups in total. The average molecular weight is 367 g/mol. The maximum absolute atomic E-state index is 12.0. The lowest BCUT2D eigenvalue weighted by molar-refractivity contribution is -0.123. The molecule has 1 heterocycles. The van der Waals surface area contributed by atoms with E-state index in [1.807, 2.05) is 37.4 Å². The van der Waals surface area contributed by atoms with Gasteiger partial charge in [0.2, 0.25) is 5.91 Å². The Kier molecular flexibility index (Phi) is 6.30. The van der Waals surface area contributed by atoms with Crippen LogP contribution < -0.4 is 20.3 Å². The molecule has 0 bridgehead atoms. The highest BCUT2D eigenvalue weighted by Gasteiger charge is 2.15. The van der Waals surface area contributed by atoms with Gasteiger partial charge in [-0.2, -0.15) is 0 Å². The Hall–Kier alpha value is -3.02. The molecule has 2 aromatic carbocycles. The summed E-state index contributed by atoms with van der Waals surface area (Å²) in [7, 11) is 2.04. The van der Waals surface area contributed by atoms with Crippen LogP contribution in [0.5, 0.6) is 5.75 Å². The van der Waals surface area contributed by atoms with Crippen molar-refractivity contribution in [1.29, 1.82) is 0 Å². The molecule has 0 unspecified atom stereocenters. The minimum atomic E-state index is -0.136. The maximum Gasteiger partial charge on any atom is 0.257 e. The summed E-state index contributed by atoms with van der Waals surface area (Å²) in [6, 6.07) is 15.6. The van der Waals surface area contributed by atoms with Gasteiger partial charge in [0, 0.05) is 37.9 Å². The molecule has 2 amide bonds. The number of amides is 2. The second kappa shape index (κ2) is 9.07. The van der Waals surface area contributed by atoms with Crippen LogP contribution in [0.3, 0.4) is 0 Å². The normalized spacial score (nSPS) is 12.7. The number of anilines is 2. The van der Waals surface area contributed by atoms with Gasteiger partial charge < -0.3 is 20.3 Å². The molecule has 0 aliphatic carbocycles. The first kappa shape index (κ1) is 18.8. The van der Waals surface area contributed by atoms with Crippen LogP contribution in [0.15, 0.2) is 48.5 Å². The van der Waals surface area contributed by atoms with Gasteiger partial charge in [-0.15, -0.1) is 0 Å². The van der Waals surface area contributed by atoms with E-state index >= 15 is 0 Å². The van der Waals surface area contributed by atoms with Crippen LogP contribution in [0, 0.1) is 0 Å². The predicted molar refractivity (Wildman–Crippen MR) is 106 cm³/mol. The summed E-state index contributed by atoms with van der Waals surface area (Å²) in [6.45, 7) is 1.46. The molecule has 2 aromatic rings. The van der Waals surface area contributed by atoms with Gasteiger partial charge in [-0.25, -0.2) is 0 Å². The molecule has 0 saturated heterocycles. The quantitative estimate of drug-likeness (QED) is 0.704. The smallest absolute Gasteiger partial charge is 0.257 e. The van der Waals surface area contributed by atoms with E-state index in [0.29, 0.717) is 25.1 Å². The van der Waals surface area contributed by atoms with Gasteiger partial charge in [-0.3, -0.25) is 9.59 Å². The lowest BCUT2D eigenvalue weighted by Gasteiger charge is -2.19. The Morgan fingerprint density at radius 2 is 2.00 bits per heavy atom. The highest BCUT2D eigenvalue weighted by molar-refractivity contribution is 5.94. The van der Waals surface area contributed by atoms with Gasteiger partial charge >= 0.3 is 0 Å². The number of hydrogen-bond donors (Lipinski definition) is 2. The van der Waals surface area contributed by atoms with Gasteiger partial charge in [0.1, 0.15) is 5.75 Å². The monoisotopic (exact) mass is 367 g/mol. The number of benzene rings is 2. The second-order valence-corrected chi connectivity index (χ2v) is 6.62. The molecule has 0 spiro atoms. The van der Waals surface area contributed by atoms with Crippen molar-refractivity contribution in [2.75, 3.05) is 37.0 Å². The van der Waals surface area contributed by atoms with E-state index in [-0.39, 0.29) is 18.4 Å². The highest BCUT2D eigenvalue weighted by atomic mass is 16.5. The van der Waals surface area contributed by atoms with Gasteiger partial charge in [-0.05, 0) is 48.7 Å². The summed E-state index contributed by atoms with van der Waals surface area (Å²) >= 11 is 0. The fourth-order valence-electron chi connectivity index (χ4n) is 3.01. The Morgan fingerprint density at radius 3 is 2.81 bits per heavy atom. The highest BCUT2D eigenvalue weighted by Crippen LogP contribution is 2.26. The zero-order valence-electron chi connectivity index (χ0n) is 15.5. The Balaban J connectivity index is 1.36. The number of ether oxygens (including phenoxy) is 1. The minimum absolute atomic E-state index is 0.0142. The molecule has 0 atom stereocenters. The van der Waals surface area contributed by atoms with E-state index in [4.69, 9.17) is 4.74 Å². The number of nitrogens with zero attached hydrogens (tertiary/aromatic N) is 1. The summed E-state index contributed by atoms with van der Waals surface area (Å²) in [5.74, 6) is 0.542. The van der Waals surface area contributed by atoms with Crippen LogP contribution >= 0.6 is 0 Å². The first-order valence-corrected chi connectivity index (χ1v) is 9.20. The molecule has 0 aromatic heterocycles. The van der Waals surface area contributed by atoms with Crippen LogP contribution in [-0.4, -0.2) is 38.6 Å². The standard InChI is InChI=1S/C21H25N3O3/c1-24(17-6-3-2-4-7-17)13-5-12-22-21(26)15-27-18-9-10-19-16(14-18)8-11-20(25)23-19/h2-4,6-7,9-10,14H,5,8,11-13,15H2,1H3,(H,22,26)(H,23,25). The number of para-hydroxylation sites is 1. The zero-order chi connectivity index (χ0) is 19.1. The fraction of sp³-hybridized carbons (Fsp3) is 0.333. The van der Waals surface area contributed by atoms with Crippen molar-refractivity contribution in [2.45, 2.75) is 19.3 Å². The van der Waals surface area contributed by atoms with Crippen LogP contribution in [0.4, 0.5) is 11.4 Å². The molecule has 0 radical (unpaired) electrons. The third-order valence-electron chi connectivity index (χ3n) is 4.53. The number of rotatable bonds is 8. The van der Waals surface area contributed by atoms with Gasteiger partial charge in [0.25, 0.3) is 5.91 Å². The lowest BCUT2D eigenvalue weighted by Crippen LogP contribution is -2.31. The summed E-state index contributed by atoms with van der Waals surface area (Å²) in [5, 5.41) is 5.71. The summed E-state index contributed by atoms with van der Waals surface area (Å²) in [4.78, 5) is 25.5. The van der Waals surface area contributed by atoms with Crippen LogP contribution in [0.2, 0.25) is 0 Å². The van der Waals surface area contributed by atoms with Gasteiger partial charge in [-0.1, -0.05) is 18.2 Å². The van der Waals surface area contributed by atoms with E-state index in [9.17, 15) is 9.59 Å². The van der Waals surface area contributed by atoms with Crippen molar-refractivity contribution in [2.24, 2.45) is 0 Å². The first-order valence-electron chi connectivity index (χ1n) is 9.20. The van der Waals surface area contributed by atoms with Gasteiger partial charge in [0.15, 0.2) is 6.61 Å². The largest absolute Gasteiger partial charge is 0.484 e. The van der Waals surface area contributed by atoms with Crippen LogP contribution in [-0.2, 0) is 16.0 Å². The Morgan fingerprint density at radius 1 is 1.19 bits per heavy atom. The number of hydrogen-bond acceptors (Lipinski definition) is 4. The molecule has 6 nitrogen and oxygen atoms in total. The molecule has 0 saturated carbocycles. The maximum atomic E-state index is 12.0. The number of fused-ring (bicyclic) bond motifs is 1. The van der Waals surface area contributed by atoms with E-state index in [0.717, 1.165) is 29.9 Å². The summed E-state index contributed by atoms with van der Waals surface area (Å²) < 4.78 is 5.57. The zero-order valence-corrected chi connectivity index (χ0v) is 15.5. The van der Waals surface area contributed by atoms with Crippen molar-refractivity contribution < 1.29 is 14.3 Å². The third-order valence-corrected chi connectivity index (χ3v) is 4.53. The van der Waals surface area contributed by atoms with Crippen molar-refractivity contribution in [3.63, 3.8) is 0 Å². The Labute approximate surface area is 159 Å². The number of carbonyl (C=O) groups is 2. The van der Waals surface area contributed by atoms with Crippen LogP contribution in [0.25, 0.3) is 0 Å². The molecular formula is C21H25N3O3. The molecular weight excluding hydrogens is 342 g/mol. The minimum Gasteiger partial charge on any atom is -0.484 e. The number of aryl methyl sites for hydroxylation is 1. The third kappa shape index (κ3) is 5.48. The molecule has 6 heteroatoms.